The van der Waals surface area contributed by atoms with Crippen LogP contribution in [0.1, 0.15) is 25.1 Å². The molecule has 3 rings (SSSR count). The second-order valence-electron chi connectivity index (χ2n) is 6.05. The summed E-state index contributed by atoms with van der Waals surface area (Å²) in [6.45, 7) is 5.35. The Morgan fingerprint density at radius 1 is 1.24 bits per heavy atom. The Kier molecular flexibility index (Phi) is 4.42. The maximum absolute atomic E-state index is 12.4. The van der Waals surface area contributed by atoms with Gasteiger partial charge in [-0.3, -0.25) is 4.79 Å². The minimum atomic E-state index is -3.58. The minimum Gasteiger partial charge on any atom is -0.326 e. The molecular formula is C16H17ClN4O3S. The molecule has 0 amide bonds. The fourth-order valence-corrected chi connectivity index (χ4v) is 3.53. The Labute approximate surface area is 149 Å². The molecule has 9 heteroatoms. The first-order valence-electron chi connectivity index (χ1n) is 7.64. The van der Waals surface area contributed by atoms with Crippen LogP contribution in [-0.4, -0.2) is 32.8 Å². The zero-order valence-corrected chi connectivity index (χ0v) is 15.5. The van der Waals surface area contributed by atoms with E-state index in [0.717, 1.165) is 10.1 Å². The van der Waals surface area contributed by atoms with Crippen LogP contribution >= 0.6 is 11.6 Å². The standard InChI is InChI=1S/C16H17ClN4O3S/c1-10(2)25(23,24)14-7-15-20(9-12-4-5-13(17)18-8-12)11(3)6-16(22)21(15)19-14/h4-8,10H,9H2,1-3H3. The normalized spacial score (nSPS) is 12.2. The maximum Gasteiger partial charge on any atom is 0.274 e. The van der Waals surface area contributed by atoms with Gasteiger partial charge in [0.25, 0.3) is 5.56 Å². The topological polar surface area (TPSA) is 86.3 Å². The molecule has 25 heavy (non-hydrogen) atoms. The second kappa shape index (κ2) is 6.27. The first-order valence-corrected chi connectivity index (χ1v) is 9.57. The Morgan fingerprint density at radius 2 is 1.96 bits per heavy atom. The number of nitrogens with zero attached hydrogens (tertiary/aromatic N) is 4. The Bertz CT molecular complexity index is 1100. The van der Waals surface area contributed by atoms with Crippen molar-refractivity contribution in [2.75, 3.05) is 0 Å². The van der Waals surface area contributed by atoms with E-state index in [2.05, 4.69) is 10.1 Å². The van der Waals surface area contributed by atoms with Crippen LogP contribution in [0, 0.1) is 6.92 Å². The summed E-state index contributed by atoms with van der Waals surface area (Å²) in [7, 11) is -3.58. The number of sulfone groups is 1. The molecule has 0 saturated heterocycles. The van der Waals surface area contributed by atoms with Crippen LogP contribution in [0.15, 0.2) is 40.3 Å². The van der Waals surface area contributed by atoms with Gasteiger partial charge >= 0.3 is 0 Å². The van der Waals surface area contributed by atoms with Gasteiger partial charge < -0.3 is 4.57 Å². The van der Waals surface area contributed by atoms with E-state index in [1.54, 1.807) is 33.0 Å². The van der Waals surface area contributed by atoms with E-state index >= 15 is 0 Å². The highest BCUT2D eigenvalue weighted by Crippen LogP contribution is 2.18. The van der Waals surface area contributed by atoms with Gasteiger partial charge in [-0.05, 0) is 32.4 Å². The highest BCUT2D eigenvalue weighted by molar-refractivity contribution is 7.91. The number of rotatable bonds is 4. The van der Waals surface area contributed by atoms with Crippen molar-refractivity contribution in [3.05, 3.63) is 57.2 Å². The molecule has 0 fully saturated rings. The van der Waals surface area contributed by atoms with Crippen LogP contribution < -0.4 is 5.56 Å². The molecule has 0 unspecified atom stereocenters. The minimum absolute atomic E-state index is 0.104. The number of hydrogen-bond acceptors (Lipinski definition) is 5. The molecule has 3 aromatic heterocycles. The third kappa shape index (κ3) is 3.19. The number of hydrogen-bond donors (Lipinski definition) is 0. The van der Waals surface area contributed by atoms with Gasteiger partial charge in [-0.1, -0.05) is 17.7 Å². The average Bonchev–Trinajstić information content (AvgIpc) is 2.99. The average molecular weight is 381 g/mol. The zero-order chi connectivity index (χ0) is 18.4. The van der Waals surface area contributed by atoms with Crippen LogP contribution in [0.25, 0.3) is 5.65 Å². The summed E-state index contributed by atoms with van der Waals surface area (Å²) in [6.07, 6.45) is 1.64. The van der Waals surface area contributed by atoms with Crippen molar-refractivity contribution in [2.24, 2.45) is 0 Å². The van der Waals surface area contributed by atoms with Gasteiger partial charge in [-0.2, -0.15) is 9.61 Å². The lowest BCUT2D eigenvalue weighted by molar-refractivity contribution is 0.581. The third-order valence-electron chi connectivity index (χ3n) is 3.95. The Morgan fingerprint density at radius 3 is 2.56 bits per heavy atom. The van der Waals surface area contributed by atoms with Crippen molar-refractivity contribution in [1.29, 1.82) is 0 Å². The van der Waals surface area contributed by atoms with Gasteiger partial charge in [-0.25, -0.2) is 13.4 Å². The number of pyridine rings is 1. The van der Waals surface area contributed by atoms with E-state index in [9.17, 15) is 13.2 Å². The molecule has 3 aromatic rings. The highest BCUT2D eigenvalue weighted by Gasteiger charge is 2.24. The summed E-state index contributed by atoms with van der Waals surface area (Å²) in [5.41, 5.74) is 1.61. The maximum atomic E-state index is 12.4. The monoisotopic (exact) mass is 380 g/mol. The first kappa shape index (κ1) is 17.6. The van der Waals surface area contributed by atoms with Gasteiger partial charge in [-0.15, -0.1) is 0 Å². The molecule has 0 bridgehead atoms. The van der Waals surface area contributed by atoms with Crippen molar-refractivity contribution in [3.8, 4) is 0 Å². The molecule has 0 N–H and O–H groups in total. The van der Waals surface area contributed by atoms with Gasteiger partial charge in [0.05, 0.1) is 11.8 Å². The molecule has 0 spiro atoms. The summed E-state index contributed by atoms with van der Waals surface area (Å²) >= 11 is 5.80. The molecular weight excluding hydrogens is 364 g/mol. The summed E-state index contributed by atoms with van der Waals surface area (Å²) in [6, 6.07) is 6.37. The molecule has 0 aliphatic carbocycles. The molecule has 0 aliphatic rings. The summed E-state index contributed by atoms with van der Waals surface area (Å²) in [5, 5.41) is 3.68. The molecule has 0 saturated carbocycles. The van der Waals surface area contributed by atoms with Crippen LogP contribution in [0.3, 0.4) is 0 Å². The molecule has 132 valence electrons. The van der Waals surface area contributed by atoms with Crippen molar-refractivity contribution in [1.82, 2.24) is 19.2 Å². The van der Waals surface area contributed by atoms with Gasteiger partial charge in [0.1, 0.15) is 10.8 Å². The van der Waals surface area contributed by atoms with E-state index in [0.29, 0.717) is 23.0 Å². The predicted molar refractivity (Wildman–Crippen MR) is 94.9 cm³/mol. The molecule has 0 aliphatic heterocycles. The molecule has 7 nitrogen and oxygen atoms in total. The fourth-order valence-electron chi connectivity index (χ4n) is 2.47. The van der Waals surface area contributed by atoms with Gasteiger partial charge in [0, 0.05) is 24.0 Å². The second-order valence-corrected chi connectivity index (χ2v) is 8.88. The highest BCUT2D eigenvalue weighted by atomic mass is 35.5. The summed E-state index contributed by atoms with van der Waals surface area (Å²) in [4.78, 5) is 16.3. The Hall–Kier alpha value is -2.19. The van der Waals surface area contributed by atoms with Gasteiger partial charge in [0.15, 0.2) is 14.9 Å². The van der Waals surface area contributed by atoms with E-state index in [-0.39, 0.29) is 10.6 Å². The van der Waals surface area contributed by atoms with Crippen LogP contribution in [0.2, 0.25) is 5.15 Å². The van der Waals surface area contributed by atoms with Gasteiger partial charge in [0.2, 0.25) is 0 Å². The van der Waals surface area contributed by atoms with E-state index < -0.39 is 15.1 Å². The number of aromatic nitrogens is 4. The van der Waals surface area contributed by atoms with E-state index in [1.165, 1.54) is 12.1 Å². The summed E-state index contributed by atoms with van der Waals surface area (Å²) in [5.74, 6) is 0. The number of fused-ring (bicyclic) bond motifs is 1. The molecule has 3 heterocycles. The van der Waals surface area contributed by atoms with Crippen molar-refractivity contribution in [2.45, 2.75) is 37.6 Å². The molecule has 0 aromatic carbocycles. The SMILES string of the molecule is Cc1cc(=O)n2nc(S(=O)(=O)C(C)C)cc2n1Cc1ccc(Cl)nc1. The smallest absolute Gasteiger partial charge is 0.274 e. The zero-order valence-electron chi connectivity index (χ0n) is 14.0. The van der Waals surface area contributed by atoms with E-state index in [4.69, 9.17) is 11.6 Å². The first-order chi connectivity index (χ1) is 11.7. The quantitative estimate of drug-likeness (QED) is 0.647. The number of halogens is 1. The van der Waals surface area contributed by atoms with Crippen LogP contribution in [-0.2, 0) is 16.4 Å². The Balaban J connectivity index is 2.20. The third-order valence-corrected chi connectivity index (χ3v) is 6.20. The van der Waals surface area contributed by atoms with Crippen molar-refractivity contribution >= 4 is 27.1 Å². The lowest BCUT2D eigenvalue weighted by Crippen LogP contribution is -2.20. The fraction of sp³-hybridized carbons (Fsp3) is 0.312. The van der Waals surface area contributed by atoms with Crippen molar-refractivity contribution < 1.29 is 8.42 Å². The molecule has 0 radical (unpaired) electrons. The predicted octanol–water partition coefficient (Wildman–Crippen LogP) is 2.08. The number of aryl methyl sites for hydroxylation is 1. The largest absolute Gasteiger partial charge is 0.326 e. The molecule has 0 atom stereocenters. The van der Waals surface area contributed by atoms with Crippen LogP contribution in [0.4, 0.5) is 0 Å². The van der Waals surface area contributed by atoms with Crippen LogP contribution in [0.5, 0.6) is 0 Å². The lowest BCUT2D eigenvalue weighted by Gasteiger charge is -2.12. The van der Waals surface area contributed by atoms with E-state index in [1.807, 2.05) is 10.6 Å². The summed E-state index contributed by atoms with van der Waals surface area (Å²) < 4.78 is 27.7. The lowest BCUT2D eigenvalue weighted by atomic mass is 10.2. The van der Waals surface area contributed by atoms with Crippen molar-refractivity contribution in [3.63, 3.8) is 0 Å².